The zero-order valence-corrected chi connectivity index (χ0v) is 18.4. The van der Waals surface area contributed by atoms with Gasteiger partial charge < -0.3 is 15.2 Å². The van der Waals surface area contributed by atoms with Crippen LogP contribution >= 0.6 is 0 Å². The highest BCUT2D eigenvalue weighted by Crippen LogP contribution is 2.38. The minimum atomic E-state index is -0.789. The van der Waals surface area contributed by atoms with Gasteiger partial charge in [0.1, 0.15) is 5.75 Å². The van der Waals surface area contributed by atoms with Gasteiger partial charge in [0, 0.05) is 24.8 Å². The van der Waals surface area contributed by atoms with Gasteiger partial charge in [-0.15, -0.1) is 0 Å². The molecular formula is C25H34N2O3. The van der Waals surface area contributed by atoms with Crippen molar-refractivity contribution < 1.29 is 14.6 Å². The van der Waals surface area contributed by atoms with Gasteiger partial charge in [0.15, 0.2) is 0 Å². The topological polar surface area (TPSA) is 71.5 Å². The number of benzene rings is 1. The minimum Gasteiger partial charge on any atom is -0.490 e. The molecular weight excluding hydrogens is 376 g/mol. The number of aliphatic carboxylic acids is 1. The predicted molar refractivity (Wildman–Crippen MR) is 119 cm³/mol. The molecule has 162 valence electrons. The van der Waals surface area contributed by atoms with Gasteiger partial charge in [0.25, 0.3) is 0 Å². The van der Waals surface area contributed by atoms with Gasteiger partial charge in [0.05, 0.1) is 18.2 Å². The lowest BCUT2D eigenvalue weighted by molar-refractivity contribution is -0.136. The van der Waals surface area contributed by atoms with Gasteiger partial charge in [-0.05, 0) is 79.0 Å². The van der Waals surface area contributed by atoms with Crippen LogP contribution in [0.2, 0.25) is 0 Å². The molecule has 0 radical (unpaired) electrons. The number of hydrogen-bond donors (Lipinski definition) is 2. The summed E-state index contributed by atoms with van der Waals surface area (Å²) in [6.07, 6.45) is 6.96. The Hall–Kier alpha value is -2.40. The third kappa shape index (κ3) is 6.56. The monoisotopic (exact) mass is 410 g/mol. The van der Waals surface area contributed by atoms with Crippen LogP contribution in [-0.4, -0.2) is 28.7 Å². The van der Waals surface area contributed by atoms with Crippen LogP contribution < -0.4 is 10.1 Å². The lowest BCUT2D eigenvalue weighted by atomic mass is 9.72. The van der Waals surface area contributed by atoms with Gasteiger partial charge in [-0.1, -0.05) is 20.8 Å². The van der Waals surface area contributed by atoms with E-state index in [4.69, 9.17) is 9.84 Å². The molecule has 3 rings (SSSR count). The molecule has 1 aliphatic carbocycles. The molecule has 1 saturated carbocycles. The smallest absolute Gasteiger partial charge is 0.304 e. The summed E-state index contributed by atoms with van der Waals surface area (Å²) in [4.78, 5) is 15.1. The van der Waals surface area contributed by atoms with Crippen molar-refractivity contribution >= 4 is 5.97 Å². The molecule has 5 nitrogen and oxygen atoms in total. The summed E-state index contributed by atoms with van der Waals surface area (Å²) in [6.45, 7) is 8.10. The largest absolute Gasteiger partial charge is 0.490 e. The molecule has 5 heteroatoms. The number of pyridine rings is 1. The third-order valence-corrected chi connectivity index (χ3v) is 6.02. The van der Waals surface area contributed by atoms with E-state index in [1.54, 1.807) is 6.20 Å². The van der Waals surface area contributed by atoms with E-state index in [0.717, 1.165) is 41.3 Å². The Morgan fingerprint density at radius 1 is 1.13 bits per heavy atom. The molecule has 30 heavy (non-hydrogen) atoms. The standard InChI is InChI=1S/C25H34N2O3/c1-25(2,3)20-6-10-22(11-7-20)30-21-8-4-19(5-9-21)23-16-18(12-15-27-23)17-26-14-13-24(28)29/h4-5,8-9,12,15-16,20,22,26H,6-7,10-11,13-14,17H2,1-3H3,(H,28,29). The predicted octanol–water partition coefficient (Wildman–Crippen LogP) is 5.30. The summed E-state index contributed by atoms with van der Waals surface area (Å²) < 4.78 is 6.24. The van der Waals surface area contributed by atoms with E-state index in [1.807, 2.05) is 24.3 Å². The Labute approximate surface area is 179 Å². The van der Waals surface area contributed by atoms with E-state index in [1.165, 1.54) is 12.8 Å². The van der Waals surface area contributed by atoms with E-state index in [-0.39, 0.29) is 6.42 Å². The SMILES string of the molecule is CC(C)(C)C1CCC(Oc2ccc(-c3cc(CNCCC(=O)O)ccn3)cc2)CC1. The highest BCUT2D eigenvalue weighted by atomic mass is 16.5. The van der Waals surface area contributed by atoms with Crippen LogP contribution in [0, 0.1) is 11.3 Å². The van der Waals surface area contributed by atoms with Crippen molar-refractivity contribution in [1.29, 1.82) is 0 Å². The number of nitrogens with zero attached hydrogens (tertiary/aromatic N) is 1. The zero-order valence-electron chi connectivity index (χ0n) is 18.4. The average Bonchev–Trinajstić information content (AvgIpc) is 2.72. The minimum absolute atomic E-state index is 0.122. The summed E-state index contributed by atoms with van der Waals surface area (Å²) in [5.41, 5.74) is 3.43. The van der Waals surface area contributed by atoms with E-state index in [2.05, 4.69) is 43.2 Å². The molecule has 0 unspecified atom stereocenters. The van der Waals surface area contributed by atoms with Gasteiger partial charge in [-0.3, -0.25) is 9.78 Å². The molecule has 1 aliphatic rings. The molecule has 0 saturated heterocycles. The van der Waals surface area contributed by atoms with Crippen molar-refractivity contribution in [2.45, 2.75) is 65.5 Å². The van der Waals surface area contributed by atoms with Crippen molar-refractivity contribution in [1.82, 2.24) is 10.3 Å². The van der Waals surface area contributed by atoms with Crippen molar-refractivity contribution in [3.63, 3.8) is 0 Å². The van der Waals surface area contributed by atoms with Crippen LogP contribution in [0.15, 0.2) is 42.6 Å². The van der Waals surface area contributed by atoms with Crippen LogP contribution in [0.5, 0.6) is 5.75 Å². The van der Waals surface area contributed by atoms with Crippen LogP contribution in [0.25, 0.3) is 11.3 Å². The van der Waals surface area contributed by atoms with Gasteiger partial charge in [-0.2, -0.15) is 0 Å². The van der Waals surface area contributed by atoms with E-state index in [9.17, 15) is 4.79 Å². The quantitative estimate of drug-likeness (QED) is 0.578. The number of rotatable bonds is 8. The first-order valence-corrected chi connectivity index (χ1v) is 11.0. The maximum absolute atomic E-state index is 10.6. The Morgan fingerprint density at radius 2 is 1.83 bits per heavy atom. The van der Waals surface area contributed by atoms with Crippen LogP contribution in [0.4, 0.5) is 0 Å². The fraction of sp³-hybridized carbons (Fsp3) is 0.520. The Balaban J connectivity index is 1.53. The number of aromatic nitrogens is 1. The lowest BCUT2D eigenvalue weighted by Gasteiger charge is -2.36. The second-order valence-electron chi connectivity index (χ2n) is 9.35. The first-order chi connectivity index (χ1) is 14.3. The fourth-order valence-electron chi connectivity index (χ4n) is 4.11. The second kappa shape index (κ2) is 10.1. The number of carboxylic acids is 1. The van der Waals surface area contributed by atoms with Crippen molar-refractivity contribution in [2.75, 3.05) is 6.54 Å². The number of carbonyl (C=O) groups is 1. The lowest BCUT2D eigenvalue weighted by Crippen LogP contribution is -2.30. The number of carboxylic acid groups (broad SMARTS) is 1. The molecule has 1 aromatic heterocycles. The number of ether oxygens (including phenoxy) is 1. The Bertz CT molecular complexity index is 819. The van der Waals surface area contributed by atoms with Crippen molar-refractivity contribution in [3.8, 4) is 17.0 Å². The summed E-state index contributed by atoms with van der Waals surface area (Å²) in [6, 6.07) is 12.2. The summed E-state index contributed by atoms with van der Waals surface area (Å²) in [7, 11) is 0. The molecule has 0 atom stereocenters. The first kappa shape index (κ1) is 22.3. The van der Waals surface area contributed by atoms with E-state index < -0.39 is 5.97 Å². The van der Waals surface area contributed by atoms with Crippen LogP contribution in [0.1, 0.15) is 58.4 Å². The molecule has 1 fully saturated rings. The maximum atomic E-state index is 10.6. The average molecular weight is 411 g/mol. The molecule has 2 N–H and O–H groups in total. The molecule has 0 aliphatic heterocycles. The summed E-state index contributed by atoms with van der Waals surface area (Å²) in [5.74, 6) is 0.920. The number of nitrogens with one attached hydrogen (secondary N) is 1. The van der Waals surface area contributed by atoms with Crippen molar-refractivity contribution in [2.24, 2.45) is 11.3 Å². The fourth-order valence-corrected chi connectivity index (χ4v) is 4.11. The Morgan fingerprint density at radius 3 is 2.47 bits per heavy atom. The Kier molecular flexibility index (Phi) is 7.48. The number of hydrogen-bond acceptors (Lipinski definition) is 4. The molecule has 0 spiro atoms. The highest BCUT2D eigenvalue weighted by Gasteiger charge is 2.30. The summed E-state index contributed by atoms with van der Waals surface area (Å²) in [5, 5.41) is 11.9. The van der Waals surface area contributed by atoms with Gasteiger partial charge in [-0.25, -0.2) is 0 Å². The normalized spacial score (nSPS) is 19.4. The molecule has 2 aromatic rings. The molecule has 1 heterocycles. The third-order valence-electron chi connectivity index (χ3n) is 6.02. The summed E-state index contributed by atoms with van der Waals surface area (Å²) >= 11 is 0. The molecule has 0 bridgehead atoms. The maximum Gasteiger partial charge on any atom is 0.304 e. The van der Waals surface area contributed by atoms with Crippen molar-refractivity contribution in [3.05, 3.63) is 48.2 Å². The van der Waals surface area contributed by atoms with Gasteiger partial charge >= 0.3 is 5.97 Å². The highest BCUT2D eigenvalue weighted by molar-refractivity contribution is 5.66. The van der Waals surface area contributed by atoms with E-state index >= 15 is 0 Å². The molecule has 0 amide bonds. The van der Waals surface area contributed by atoms with Gasteiger partial charge in [0.2, 0.25) is 0 Å². The van der Waals surface area contributed by atoms with E-state index in [0.29, 0.717) is 24.6 Å². The molecule has 1 aromatic carbocycles. The van der Waals surface area contributed by atoms with Crippen LogP contribution in [0.3, 0.4) is 0 Å². The zero-order chi connectivity index (χ0) is 21.6. The first-order valence-electron chi connectivity index (χ1n) is 11.0. The van der Waals surface area contributed by atoms with Crippen LogP contribution in [-0.2, 0) is 11.3 Å². The second-order valence-corrected chi connectivity index (χ2v) is 9.35.